The Morgan fingerprint density at radius 2 is 1.95 bits per heavy atom. The van der Waals surface area contributed by atoms with Crippen LogP contribution in [0.3, 0.4) is 0 Å². The molecule has 0 heterocycles. The standard InChI is InChI=1S/C16H21NO4/c1-12(18)20-11-14-7-8-15(9-14)17-16(19)21-10-13-5-3-2-4-6-13/h2-6,14-15H,7-11H2,1H3,(H,17,19). The Labute approximate surface area is 124 Å². The van der Waals surface area contributed by atoms with E-state index in [1.807, 2.05) is 30.3 Å². The molecule has 2 rings (SSSR count). The van der Waals surface area contributed by atoms with Gasteiger partial charge in [-0.25, -0.2) is 4.79 Å². The highest BCUT2D eigenvalue weighted by Crippen LogP contribution is 2.25. The lowest BCUT2D eigenvalue weighted by Crippen LogP contribution is -2.33. The zero-order chi connectivity index (χ0) is 15.1. The summed E-state index contributed by atoms with van der Waals surface area (Å²) in [5.41, 5.74) is 0.965. The highest BCUT2D eigenvalue weighted by Gasteiger charge is 2.26. The number of benzene rings is 1. The van der Waals surface area contributed by atoms with E-state index in [1.165, 1.54) is 6.92 Å². The smallest absolute Gasteiger partial charge is 0.407 e. The number of carbonyl (C=O) groups excluding carboxylic acids is 2. The number of amides is 1. The third-order valence-corrected chi connectivity index (χ3v) is 3.60. The first-order valence-electron chi connectivity index (χ1n) is 7.24. The van der Waals surface area contributed by atoms with Gasteiger partial charge in [0.1, 0.15) is 6.61 Å². The first kappa shape index (κ1) is 15.4. The Balaban J connectivity index is 1.66. The lowest BCUT2D eigenvalue weighted by molar-refractivity contribution is -0.142. The molecule has 21 heavy (non-hydrogen) atoms. The molecule has 1 aromatic carbocycles. The Morgan fingerprint density at radius 3 is 2.67 bits per heavy atom. The minimum atomic E-state index is -0.392. The summed E-state index contributed by atoms with van der Waals surface area (Å²) in [6.45, 7) is 2.12. The van der Waals surface area contributed by atoms with Crippen molar-refractivity contribution in [3.63, 3.8) is 0 Å². The lowest BCUT2D eigenvalue weighted by Gasteiger charge is -2.13. The van der Waals surface area contributed by atoms with E-state index in [2.05, 4.69) is 5.32 Å². The van der Waals surface area contributed by atoms with Gasteiger partial charge in [0, 0.05) is 13.0 Å². The molecule has 0 aromatic heterocycles. The second-order valence-corrected chi connectivity index (χ2v) is 5.38. The Hall–Kier alpha value is -2.04. The molecule has 1 aromatic rings. The largest absolute Gasteiger partial charge is 0.466 e. The Morgan fingerprint density at radius 1 is 1.19 bits per heavy atom. The molecule has 0 bridgehead atoms. The van der Waals surface area contributed by atoms with Gasteiger partial charge in [0.05, 0.1) is 6.61 Å². The number of nitrogens with one attached hydrogen (secondary N) is 1. The predicted molar refractivity (Wildman–Crippen MR) is 77.5 cm³/mol. The van der Waals surface area contributed by atoms with Crippen LogP contribution in [0.5, 0.6) is 0 Å². The van der Waals surface area contributed by atoms with Gasteiger partial charge in [-0.3, -0.25) is 4.79 Å². The van der Waals surface area contributed by atoms with Crippen LogP contribution in [0.1, 0.15) is 31.7 Å². The highest BCUT2D eigenvalue weighted by molar-refractivity contribution is 5.67. The van der Waals surface area contributed by atoms with Gasteiger partial charge in [0.15, 0.2) is 0 Å². The van der Waals surface area contributed by atoms with Crippen molar-refractivity contribution in [2.24, 2.45) is 5.92 Å². The molecule has 0 radical (unpaired) electrons. The SMILES string of the molecule is CC(=O)OCC1CCC(NC(=O)OCc2ccccc2)C1. The summed E-state index contributed by atoms with van der Waals surface area (Å²) in [6, 6.07) is 9.68. The molecule has 114 valence electrons. The van der Waals surface area contributed by atoms with Crippen LogP contribution in [-0.2, 0) is 20.9 Å². The first-order valence-corrected chi connectivity index (χ1v) is 7.24. The van der Waals surface area contributed by atoms with Gasteiger partial charge in [0.2, 0.25) is 0 Å². The number of hydrogen-bond acceptors (Lipinski definition) is 4. The molecule has 1 aliphatic carbocycles. The third-order valence-electron chi connectivity index (χ3n) is 3.60. The van der Waals surface area contributed by atoms with E-state index >= 15 is 0 Å². The van der Waals surface area contributed by atoms with Crippen molar-refractivity contribution >= 4 is 12.1 Å². The topological polar surface area (TPSA) is 64.6 Å². The van der Waals surface area contributed by atoms with Crippen LogP contribution in [0.15, 0.2) is 30.3 Å². The molecular weight excluding hydrogens is 270 g/mol. The maximum atomic E-state index is 11.7. The molecule has 1 saturated carbocycles. The molecular formula is C16H21NO4. The summed E-state index contributed by atoms with van der Waals surface area (Å²) in [5.74, 6) is 0.0713. The molecule has 5 nitrogen and oxygen atoms in total. The van der Waals surface area contributed by atoms with Crippen LogP contribution < -0.4 is 5.32 Å². The molecule has 1 amide bonds. The van der Waals surface area contributed by atoms with Gasteiger partial charge in [0.25, 0.3) is 0 Å². The van der Waals surface area contributed by atoms with Gasteiger partial charge in [-0.1, -0.05) is 30.3 Å². The van der Waals surface area contributed by atoms with Gasteiger partial charge in [-0.15, -0.1) is 0 Å². The summed E-state index contributed by atoms with van der Waals surface area (Å²) < 4.78 is 10.2. The van der Waals surface area contributed by atoms with Crippen molar-refractivity contribution in [3.8, 4) is 0 Å². The minimum Gasteiger partial charge on any atom is -0.466 e. The fraction of sp³-hybridized carbons (Fsp3) is 0.500. The number of ether oxygens (including phenoxy) is 2. The number of esters is 1. The third kappa shape index (κ3) is 5.45. The monoisotopic (exact) mass is 291 g/mol. The first-order chi connectivity index (χ1) is 10.1. The second-order valence-electron chi connectivity index (χ2n) is 5.38. The molecule has 1 N–H and O–H groups in total. The number of carbonyl (C=O) groups is 2. The number of hydrogen-bond donors (Lipinski definition) is 1. The van der Waals surface area contributed by atoms with E-state index in [1.54, 1.807) is 0 Å². The average molecular weight is 291 g/mol. The van der Waals surface area contributed by atoms with Crippen LogP contribution in [0, 0.1) is 5.92 Å². The zero-order valence-corrected chi connectivity index (χ0v) is 12.2. The van der Waals surface area contributed by atoms with Crippen molar-refractivity contribution in [1.29, 1.82) is 0 Å². The van der Waals surface area contributed by atoms with Crippen molar-refractivity contribution in [2.75, 3.05) is 6.61 Å². The molecule has 2 unspecified atom stereocenters. The molecule has 0 spiro atoms. The fourth-order valence-corrected chi connectivity index (χ4v) is 2.52. The summed E-state index contributed by atoms with van der Waals surface area (Å²) >= 11 is 0. The number of alkyl carbamates (subject to hydrolysis) is 1. The normalized spacial score (nSPS) is 20.8. The molecule has 5 heteroatoms. The quantitative estimate of drug-likeness (QED) is 0.847. The maximum absolute atomic E-state index is 11.7. The minimum absolute atomic E-state index is 0.105. The molecule has 1 aliphatic rings. The Kier molecular flexibility index (Phi) is 5.60. The van der Waals surface area contributed by atoms with Crippen molar-refractivity contribution in [1.82, 2.24) is 5.32 Å². The van der Waals surface area contributed by atoms with Crippen molar-refractivity contribution in [2.45, 2.75) is 38.8 Å². The maximum Gasteiger partial charge on any atom is 0.407 e. The van der Waals surface area contributed by atoms with E-state index in [4.69, 9.17) is 9.47 Å². The van der Waals surface area contributed by atoms with Crippen molar-refractivity contribution in [3.05, 3.63) is 35.9 Å². The van der Waals surface area contributed by atoms with Crippen molar-refractivity contribution < 1.29 is 19.1 Å². The second kappa shape index (κ2) is 7.67. The van der Waals surface area contributed by atoms with Gasteiger partial charge >= 0.3 is 12.1 Å². The average Bonchev–Trinajstić information content (AvgIpc) is 2.91. The summed E-state index contributed by atoms with van der Waals surface area (Å²) in [6.07, 6.45) is 2.29. The van der Waals surface area contributed by atoms with Crippen LogP contribution in [0.25, 0.3) is 0 Å². The van der Waals surface area contributed by atoms with Gasteiger partial charge in [-0.05, 0) is 30.7 Å². The van der Waals surface area contributed by atoms with E-state index in [0.29, 0.717) is 12.5 Å². The number of rotatable bonds is 5. The molecule has 0 saturated heterocycles. The van der Waals surface area contributed by atoms with E-state index in [-0.39, 0.29) is 18.6 Å². The van der Waals surface area contributed by atoms with Crippen LogP contribution in [0.4, 0.5) is 4.79 Å². The highest BCUT2D eigenvalue weighted by atomic mass is 16.5. The molecule has 0 aliphatic heterocycles. The molecule has 2 atom stereocenters. The van der Waals surface area contributed by atoms with Crippen LogP contribution in [-0.4, -0.2) is 24.7 Å². The van der Waals surface area contributed by atoms with E-state index in [9.17, 15) is 9.59 Å². The zero-order valence-electron chi connectivity index (χ0n) is 12.2. The van der Waals surface area contributed by atoms with Crippen LogP contribution >= 0.6 is 0 Å². The van der Waals surface area contributed by atoms with Crippen LogP contribution in [0.2, 0.25) is 0 Å². The fourth-order valence-electron chi connectivity index (χ4n) is 2.52. The van der Waals surface area contributed by atoms with Gasteiger partial charge < -0.3 is 14.8 Å². The summed E-state index contributed by atoms with van der Waals surface area (Å²) in [5, 5.41) is 2.87. The molecule has 1 fully saturated rings. The Bertz CT molecular complexity index is 474. The van der Waals surface area contributed by atoms with Gasteiger partial charge in [-0.2, -0.15) is 0 Å². The lowest BCUT2D eigenvalue weighted by atomic mass is 10.1. The summed E-state index contributed by atoms with van der Waals surface area (Å²) in [4.78, 5) is 22.5. The van der Waals surface area contributed by atoms with E-state index < -0.39 is 6.09 Å². The summed E-state index contributed by atoms with van der Waals surface area (Å²) in [7, 11) is 0. The predicted octanol–water partition coefficient (Wildman–Crippen LogP) is 2.64. The van der Waals surface area contributed by atoms with E-state index in [0.717, 1.165) is 24.8 Å².